The van der Waals surface area contributed by atoms with Gasteiger partial charge in [-0.2, -0.15) is 0 Å². The zero-order chi connectivity index (χ0) is 21.8. The molecule has 1 aliphatic rings. The van der Waals surface area contributed by atoms with Crippen molar-refractivity contribution in [2.45, 2.75) is 32.9 Å². The van der Waals surface area contributed by atoms with Gasteiger partial charge < -0.3 is 9.88 Å². The van der Waals surface area contributed by atoms with Crippen LogP contribution in [0.1, 0.15) is 35.0 Å². The summed E-state index contributed by atoms with van der Waals surface area (Å²) in [6.07, 6.45) is 0.346. The van der Waals surface area contributed by atoms with Crippen molar-refractivity contribution in [2.75, 3.05) is 26.2 Å². The van der Waals surface area contributed by atoms with Gasteiger partial charge in [0.2, 0.25) is 5.91 Å². The molecule has 6 heteroatoms. The molecule has 2 heterocycles. The summed E-state index contributed by atoms with van der Waals surface area (Å²) in [6, 6.07) is 21.3. The number of rotatable bonds is 6. The minimum Gasteiger partial charge on any atom is -0.340 e. The Balaban J connectivity index is 1.40. The first kappa shape index (κ1) is 21.1. The van der Waals surface area contributed by atoms with E-state index in [9.17, 15) is 9.59 Å². The third kappa shape index (κ3) is 4.64. The van der Waals surface area contributed by atoms with Crippen molar-refractivity contribution in [2.24, 2.45) is 0 Å². The molecule has 1 amide bonds. The fourth-order valence-electron chi connectivity index (χ4n) is 4.42. The zero-order valence-corrected chi connectivity index (χ0v) is 18.3. The molecule has 0 unspecified atom stereocenters. The van der Waals surface area contributed by atoms with Crippen LogP contribution in [0.2, 0.25) is 0 Å². The Kier molecular flexibility index (Phi) is 6.37. The van der Waals surface area contributed by atoms with E-state index in [1.807, 2.05) is 30.9 Å². The number of hydrogen-bond acceptors (Lipinski definition) is 3. The lowest BCUT2D eigenvalue weighted by molar-refractivity contribution is -0.133. The quantitative estimate of drug-likeness (QED) is 0.669. The molecule has 1 fully saturated rings. The van der Waals surface area contributed by atoms with Gasteiger partial charge in [-0.15, -0.1) is 0 Å². The van der Waals surface area contributed by atoms with Crippen LogP contribution in [0.3, 0.4) is 0 Å². The molecule has 0 bridgehead atoms. The Morgan fingerprint density at radius 2 is 1.45 bits per heavy atom. The molecule has 2 aromatic carbocycles. The van der Waals surface area contributed by atoms with Crippen molar-refractivity contribution in [3.63, 3.8) is 0 Å². The molecule has 1 aromatic heterocycles. The monoisotopic (exact) mass is 418 g/mol. The number of benzene rings is 2. The zero-order valence-electron chi connectivity index (χ0n) is 18.3. The molecule has 0 saturated carbocycles. The van der Waals surface area contributed by atoms with E-state index in [4.69, 9.17) is 0 Å². The summed E-state index contributed by atoms with van der Waals surface area (Å²) in [4.78, 5) is 32.0. The lowest BCUT2D eigenvalue weighted by Crippen LogP contribution is -2.50. The van der Waals surface area contributed by atoms with Gasteiger partial charge in [0.1, 0.15) is 0 Å². The molecular formula is C25H30N4O2. The highest BCUT2D eigenvalue weighted by Crippen LogP contribution is 2.29. The number of hydrogen-bond donors (Lipinski definition) is 1. The van der Waals surface area contributed by atoms with Crippen LogP contribution in [0.4, 0.5) is 0 Å². The van der Waals surface area contributed by atoms with Gasteiger partial charge in [0, 0.05) is 50.5 Å². The highest BCUT2D eigenvalue weighted by molar-refractivity contribution is 5.76. The van der Waals surface area contributed by atoms with Crippen LogP contribution in [0, 0.1) is 13.8 Å². The molecule has 1 N–H and O–H groups in total. The third-order valence-electron chi connectivity index (χ3n) is 6.30. The number of nitrogens with one attached hydrogen (secondary N) is 1. The molecule has 31 heavy (non-hydrogen) atoms. The lowest BCUT2D eigenvalue weighted by atomic mass is 9.96. The highest BCUT2D eigenvalue weighted by Gasteiger charge is 2.28. The summed E-state index contributed by atoms with van der Waals surface area (Å²) in [6.45, 7) is 7.26. The van der Waals surface area contributed by atoms with Crippen LogP contribution in [0.25, 0.3) is 0 Å². The standard InChI is InChI=1S/C25H30N4O2/c1-19-20(2)29(25(31)26-19)14-13-23(30)27-15-17-28(18-16-27)24(21-9-5-3-6-10-21)22-11-7-4-8-12-22/h3-12,24H,13-18H2,1-2H3,(H,26,31). The summed E-state index contributed by atoms with van der Waals surface area (Å²) in [5, 5.41) is 0. The Morgan fingerprint density at radius 1 is 0.903 bits per heavy atom. The average Bonchev–Trinajstić information content (AvgIpc) is 3.05. The summed E-state index contributed by atoms with van der Waals surface area (Å²) in [5.41, 5.74) is 4.16. The van der Waals surface area contributed by atoms with Crippen molar-refractivity contribution in [1.29, 1.82) is 0 Å². The maximum atomic E-state index is 12.8. The molecule has 6 nitrogen and oxygen atoms in total. The third-order valence-corrected chi connectivity index (χ3v) is 6.30. The number of aromatic nitrogens is 2. The van der Waals surface area contributed by atoms with Gasteiger partial charge in [0.05, 0.1) is 6.04 Å². The van der Waals surface area contributed by atoms with Gasteiger partial charge >= 0.3 is 5.69 Å². The second-order valence-electron chi connectivity index (χ2n) is 8.18. The van der Waals surface area contributed by atoms with Crippen molar-refractivity contribution in [1.82, 2.24) is 19.4 Å². The molecule has 1 saturated heterocycles. The van der Waals surface area contributed by atoms with Gasteiger partial charge in [0.25, 0.3) is 0 Å². The molecule has 0 spiro atoms. The number of piperazine rings is 1. The van der Waals surface area contributed by atoms with Gasteiger partial charge in [0.15, 0.2) is 0 Å². The smallest absolute Gasteiger partial charge is 0.325 e. The molecule has 0 radical (unpaired) electrons. The number of H-pyrrole nitrogens is 1. The van der Waals surface area contributed by atoms with Crippen LogP contribution < -0.4 is 5.69 Å². The van der Waals surface area contributed by atoms with Crippen molar-refractivity contribution in [3.05, 3.63) is 93.7 Å². The second-order valence-corrected chi connectivity index (χ2v) is 8.18. The summed E-state index contributed by atoms with van der Waals surface area (Å²) >= 11 is 0. The van der Waals surface area contributed by atoms with Gasteiger partial charge in [-0.3, -0.25) is 14.3 Å². The number of nitrogens with zero attached hydrogens (tertiary/aromatic N) is 3. The van der Waals surface area contributed by atoms with Gasteiger partial charge in [-0.05, 0) is 25.0 Å². The number of aromatic amines is 1. The topological polar surface area (TPSA) is 61.3 Å². The molecule has 1 aliphatic heterocycles. The largest absolute Gasteiger partial charge is 0.340 e. The lowest BCUT2D eigenvalue weighted by Gasteiger charge is -2.40. The number of imidazole rings is 1. The minimum atomic E-state index is -0.138. The first-order chi connectivity index (χ1) is 15.0. The predicted octanol–water partition coefficient (Wildman–Crippen LogP) is 3.12. The van der Waals surface area contributed by atoms with Crippen LogP contribution in [-0.4, -0.2) is 51.4 Å². The molecule has 0 atom stereocenters. The summed E-state index contributed by atoms with van der Waals surface area (Å²) in [7, 11) is 0. The second kappa shape index (κ2) is 9.35. The fraction of sp³-hybridized carbons (Fsp3) is 0.360. The first-order valence-corrected chi connectivity index (χ1v) is 10.9. The summed E-state index contributed by atoms with van der Waals surface area (Å²) in [5.74, 6) is 0.112. The Labute approximate surface area is 183 Å². The Bertz CT molecular complexity index is 1020. The maximum Gasteiger partial charge on any atom is 0.325 e. The normalized spacial score (nSPS) is 14.9. The number of aryl methyl sites for hydroxylation is 1. The molecular weight excluding hydrogens is 388 g/mol. The fourth-order valence-corrected chi connectivity index (χ4v) is 4.42. The van der Waals surface area contributed by atoms with E-state index < -0.39 is 0 Å². The number of carbonyl (C=O) groups is 1. The van der Waals surface area contributed by atoms with Crippen LogP contribution in [0.15, 0.2) is 65.5 Å². The Morgan fingerprint density at radius 3 is 1.94 bits per heavy atom. The van der Waals surface area contributed by atoms with E-state index in [0.29, 0.717) is 26.1 Å². The highest BCUT2D eigenvalue weighted by atomic mass is 16.2. The van der Waals surface area contributed by atoms with E-state index in [-0.39, 0.29) is 17.6 Å². The van der Waals surface area contributed by atoms with Gasteiger partial charge in [-0.25, -0.2) is 4.79 Å². The summed E-state index contributed by atoms with van der Waals surface area (Å²) < 4.78 is 1.66. The Hall–Kier alpha value is -3.12. The van der Waals surface area contributed by atoms with E-state index >= 15 is 0 Å². The van der Waals surface area contributed by atoms with Crippen LogP contribution in [-0.2, 0) is 11.3 Å². The number of carbonyl (C=O) groups excluding carboxylic acids is 1. The van der Waals surface area contributed by atoms with Crippen molar-refractivity contribution >= 4 is 5.91 Å². The van der Waals surface area contributed by atoms with E-state index in [1.54, 1.807) is 4.57 Å². The van der Waals surface area contributed by atoms with E-state index in [0.717, 1.165) is 24.5 Å². The molecule has 162 valence electrons. The van der Waals surface area contributed by atoms with Crippen molar-refractivity contribution in [3.8, 4) is 0 Å². The molecule has 0 aliphatic carbocycles. The SMILES string of the molecule is Cc1[nH]c(=O)n(CCC(=O)N2CCN(C(c3ccccc3)c3ccccc3)CC2)c1C. The van der Waals surface area contributed by atoms with E-state index in [2.05, 4.69) is 58.4 Å². The average molecular weight is 419 g/mol. The molecule has 3 aromatic rings. The van der Waals surface area contributed by atoms with Crippen molar-refractivity contribution < 1.29 is 4.79 Å². The van der Waals surface area contributed by atoms with Crippen LogP contribution >= 0.6 is 0 Å². The minimum absolute atomic E-state index is 0.112. The molecule has 4 rings (SSSR count). The van der Waals surface area contributed by atoms with E-state index in [1.165, 1.54) is 11.1 Å². The van der Waals surface area contributed by atoms with Gasteiger partial charge in [-0.1, -0.05) is 60.7 Å². The number of amides is 1. The maximum absolute atomic E-state index is 12.8. The van der Waals surface area contributed by atoms with Crippen LogP contribution in [0.5, 0.6) is 0 Å². The predicted molar refractivity (Wildman–Crippen MR) is 122 cm³/mol. The first-order valence-electron chi connectivity index (χ1n) is 10.9.